The molecule has 0 bridgehead atoms. The number of benzene rings is 1. The second-order valence-electron chi connectivity index (χ2n) is 5.62. The maximum atomic E-state index is 13.5. The molecule has 0 aliphatic heterocycles. The number of pyridine rings is 2. The van der Waals surface area contributed by atoms with Gasteiger partial charge in [-0.25, -0.2) is 0 Å². The van der Waals surface area contributed by atoms with Gasteiger partial charge in [0.1, 0.15) is 11.4 Å². The van der Waals surface area contributed by atoms with Crippen LogP contribution in [0.5, 0.6) is 0 Å². The van der Waals surface area contributed by atoms with E-state index in [1.54, 1.807) is 18.2 Å². The van der Waals surface area contributed by atoms with Crippen molar-refractivity contribution in [3.05, 3.63) is 59.5 Å². The minimum atomic E-state index is -0.971. The van der Waals surface area contributed by atoms with Gasteiger partial charge in [-0.2, -0.15) is 13.8 Å². The highest BCUT2D eigenvalue weighted by Crippen LogP contribution is 2.42. The molecule has 0 amide bonds. The second kappa shape index (κ2) is 5.96. The molecule has 0 saturated heterocycles. The summed E-state index contributed by atoms with van der Waals surface area (Å²) in [5.74, 6) is -1.95. The largest absolute Gasteiger partial charge is 0.436 e. The predicted molar refractivity (Wildman–Crippen MR) is 96.4 cm³/mol. The summed E-state index contributed by atoms with van der Waals surface area (Å²) in [6, 6.07) is 9.20. The van der Waals surface area contributed by atoms with Crippen LogP contribution in [0.15, 0.2) is 47.0 Å². The van der Waals surface area contributed by atoms with E-state index in [0.717, 1.165) is 17.7 Å². The molecule has 0 spiro atoms. The molecule has 5 nitrogen and oxygen atoms in total. The molecule has 4 rings (SSSR count). The van der Waals surface area contributed by atoms with E-state index in [0.29, 0.717) is 16.0 Å². The summed E-state index contributed by atoms with van der Waals surface area (Å²) in [5, 5.41) is 1.03. The molecule has 130 valence electrons. The van der Waals surface area contributed by atoms with E-state index in [-0.39, 0.29) is 28.4 Å². The summed E-state index contributed by atoms with van der Waals surface area (Å²) in [6.07, 6.45) is 1.53. The number of hydrogen-bond acceptors (Lipinski definition) is 5. The topological polar surface area (TPSA) is 91.0 Å². The average Bonchev–Trinajstić information content (AvgIpc) is 2.88. The van der Waals surface area contributed by atoms with Crippen LogP contribution in [0.25, 0.3) is 33.4 Å². The number of anilines is 2. The van der Waals surface area contributed by atoms with Crippen LogP contribution in [-0.2, 0) is 0 Å². The Hall–Kier alpha value is -3.19. The minimum Gasteiger partial charge on any atom is -0.436 e. The summed E-state index contributed by atoms with van der Waals surface area (Å²) < 4.78 is 32.6. The van der Waals surface area contributed by atoms with E-state index in [1.807, 2.05) is 6.07 Å². The summed E-state index contributed by atoms with van der Waals surface area (Å²) >= 11 is 6.06. The van der Waals surface area contributed by atoms with Crippen molar-refractivity contribution in [2.75, 3.05) is 11.5 Å². The molecule has 3 aromatic heterocycles. The molecule has 0 unspecified atom stereocenters. The quantitative estimate of drug-likeness (QED) is 0.500. The number of halogens is 3. The molecule has 0 aliphatic carbocycles. The maximum absolute atomic E-state index is 13.5. The lowest BCUT2D eigenvalue weighted by atomic mass is 10.0. The summed E-state index contributed by atoms with van der Waals surface area (Å²) in [6.45, 7) is 0. The molecular weight excluding hydrogens is 362 g/mol. The Morgan fingerprint density at radius 1 is 1.00 bits per heavy atom. The Labute approximate surface area is 151 Å². The van der Waals surface area contributed by atoms with Gasteiger partial charge in [-0.05, 0) is 17.7 Å². The number of nitrogens with two attached hydrogens (primary N) is 2. The van der Waals surface area contributed by atoms with Crippen molar-refractivity contribution in [1.29, 1.82) is 0 Å². The third-order valence-corrected chi connectivity index (χ3v) is 4.19. The number of aromatic nitrogens is 2. The zero-order valence-corrected chi connectivity index (χ0v) is 13.9. The average molecular weight is 373 g/mol. The van der Waals surface area contributed by atoms with E-state index in [1.165, 1.54) is 6.20 Å². The SMILES string of the molecule is Nc1oc2c(-c3cc(F)nc(F)c3)ncc(-c3cccc(Cl)c3)c2c1N. The zero-order valence-electron chi connectivity index (χ0n) is 13.1. The van der Waals surface area contributed by atoms with Gasteiger partial charge in [-0.1, -0.05) is 23.7 Å². The number of nitrogens with zero attached hydrogens (tertiary/aromatic N) is 2. The molecule has 26 heavy (non-hydrogen) atoms. The van der Waals surface area contributed by atoms with E-state index in [4.69, 9.17) is 27.5 Å². The van der Waals surface area contributed by atoms with E-state index >= 15 is 0 Å². The van der Waals surface area contributed by atoms with Crippen LogP contribution in [-0.4, -0.2) is 9.97 Å². The Morgan fingerprint density at radius 2 is 1.73 bits per heavy atom. The van der Waals surface area contributed by atoms with Crippen molar-refractivity contribution in [3.8, 4) is 22.4 Å². The standard InChI is InChI=1S/C18H11ClF2N4O/c19-10-3-1-2-8(4-10)11-7-24-16(9-5-12(20)25-13(21)6-9)17-14(11)15(22)18(23)26-17/h1-7H,22-23H2. The van der Waals surface area contributed by atoms with Gasteiger partial charge >= 0.3 is 0 Å². The van der Waals surface area contributed by atoms with Crippen LogP contribution in [0, 0.1) is 11.9 Å². The van der Waals surface area contributed by atoms with Crippen molar-refractivity contribution in [3.63, 3.8) is 0 Å². The number of fused-ring (bicyclic) bond motifs is 1. The molecule has 0 aliphatic rings. The summed E-state index contributed by atoms with van der Waals surface area (Å²) in [5.41, 5.74) is 14.1. The third-order valence-electron chi connectivity index (χ3n) is 3.95. The lowest BCUT2D eigenvalue weighted by Crippen LogP contribution is -1.94. The first-order valence-corrected chi connectivity index (χ1v) is 7.87. The molecule has 0 atom stereocenters. The molecule has 8 heteroatoms. The Bertz CT molecular complexity index is 1140. The Balaban J connectivity index is 2.04. The Morgan fingerprint density at radius 3 is 2.42 bits per heavy atom. The molecule has 4 N–H and O–H groups in total. The van der Waals surface area contributed by atoms with Gasteiger partial charge < -0.3 is 15.9 Å². The molecule has 4 aromatic rings. The van der Waals surface area contributed by atoms with Crippen LogP contribution in [0.1, 0.15) is 0 Å². The number of furan rings is 1. The first-order valence-electron chi connectivity index (χ1n) is 7.50. The minimum absolute atomic E-state index is 0.00692. The van der Waals surface area contributed by atoms with Crippen LogP contribution in [0.4, 0.5) is 20.4 Å². The van der Waals surface area contributed by atoms with Crippen molar-refractivity contribution < 1.29 is 13.2 Å². The van der Waals surface area contributed by atoms with Crippen LogP contribution < -0.4 is 11.5 Å². The van der Waals surface area contributed by atoms with Gasteiger partial charge in [0.05, 0.1) is 5.39 Å². The molecule has 0 radical (unpaired) electrons. The summed E-state index contributed by atoms with van der Waals surface area (Å²) in [7, 11) is 0. The summed E-state index contributed by atoms with van der Waals surface area (Å²) in [4.78, 5) is 7.39. The second-order valence-corrected chi connectivity index (χ2v) is 6.05. The smallest absolute Gasteiger partial charge is 0.216 e. The maximum Gasteiger partial charge on any atom is 0.216 e. The molecule has 0 fully saturated rings. The highest BCUT2D eigenvalue weighted by atomic mass is 35.5. The molecule has 0 saturated carbocycles. The predicted octanol–water partition coefficient (Wildman–Crippen LogP) is 4.65. The van der Waals surface area contributed by atoms with Crippen molar-refractivity contribution >= 4 is 34.1 Å². The number of nitrogen functional groups attached to an aromatic ring is 2. The van der Waals surface area contributed by atoms with Crippen LogP contribution >= 0.6 is 11.6 Å². The lowest BCUT2D eigenvalue weighted by Gasteiger charge is -2.08. The fourth-order valence-corrected chi connectivity index (χ4v) is 3.02. The fourth-order valence-electron chi connectivity index (χ4n) is 2.83. The van der Waals surface area contributed by atoms with Gasteiger partial charge in [-0.15, -0.1) is 0 Å². The third kappa shape index (κ3) is 2.62. The van der Waals surface area contributed by atoms with Gasteiger partial charge in [0.25, 0.3) is 0 Å². The van der Waals surface area contributed by atoms with E-state index < -0.39 is 11.9 Å². The van der Waals surface area contributed by atoms with Crippen molar-refractivity contribution in [2.24, 2.45) is 0 Å². The molecular formula is C18H11ClF2N4O. The Kier molecular flexibility index (Phi) is 3.73. The molecule has 3 heterocycles. The van der Waals surface area contributed by atoms with Gasteiger partial charge in [0, 0.05) is 34.5 Å². The van der Waals surface area contributed by atoms with Crippen LogP contribution in [0.3, 0.4) is 0 Å². The van der Waals surface area contributed by atoms with Gasteiger partial charge in [0.15, 0.2) is 5.58 Å². The number of hydrogen-bond donors (Lipinski definition) is 2. The zero-order chi connectivity index (χ0) is 18.4. The van der Waals surface area contributed by atoms with E-state index in [9.17, 15) is 8.78 Å². The normalized spacial score (nSPS) is 11.2. The monoisotopic (exact) mass is 372 g/mol. The van der Waals surface area contributed by atoms with E-state index in [2.05, 4.69) is 9.97 Å². The fraction of sp³-hybridized carbons (Fsp3) is 0. The molecule has 1 aromatic carbocycles. The van der Waals surface area contributed by atoms with Crippen molar-refractivity contribution in [2.45, 2.75) is 0 Å². The van der Waals surface area contributed by atoms with Gasteiger partial charge in [-0.3, -0.25) is 4.98 Å². The first-order chi connectivity index (χ1) is 12.4. The first kappa shape index (κ1) is 16.3. The number of rotatable bonds is 2. The van der Waals surface area contributed by atoms with Gasteiger partial charge in [0.2, 0.25) is 17.8 Å². The highest BCUT2D eigenvalue weighted by molar-refractivity contribution is 6.31. The van der Waals surface area contributed by atoms with Crippen LogP contribution in [0.2, 0.25) is 5.02 Å². The lowest BCUT2D eigenvalue weighted by molar-refractivity contribution is 0.513. The van der Waals surface area contributed by atoms with Crippen molar-refractivity contribution in [1.82, 2.24) is 9.97 Å². The highest BCUT2D eigenvalue weighted by Gasteiger charge is 2.20.